The van der Waals surface area contributed by atoms with Gasteiger partial charge in [-0.25, -0.2) is 0 Å². The molecule has 0 aliphatic heterocycles. The molecule has 0 unspecified atom stereocenters. The summed E-state index contributed by atoms with van der Waals surface area (Å²) in [6.45, 7) is 2.07. The van der Waals surface area contributed by atoms with Crippen molar-refractivity contribution in [2.45, 2.75) is 6.92 Å². The van der Waals surface area contributed by atoms with Gasteiger partial charge in [-0.3, -0.25) is 0 Å². The molecule has 3 aromatic rings. The maximum Gasteiger partial charge on any atom is 0.0408 e. The predicted molar refractivity (Wildman–Crippen MR) is 96.0 cm³/mol. The highest BCUT2D eigenvalue weighted by Crippen LogP contribution is 2.10. The molecule has 0 nitrogen and oxygen atoms in total. The van der Waals surface area contributed by atoms with Gasteiger partial charge in [-0.15, -0.1) is 0 Å². The Labute approximate surface area is 137 Å². The molecule has 0 spiro atoms. The molecular weight excluding hydrogens is 276 g/mol. The highest BCUT2D eigenvalue weighted by atomic mass is 14.0. The molecule has 3 rings (SSSR count). The Hall–Kier alpha value is -3.22. The largest absolute Gasteiger partial charge is 0.0622 e. The predicted octanol–water partition coefficient (Wildman–Crippen LogP) is 4.79. The van der Waals surface area contributed by atoms with E-state index in [-0.39, 0.29) is 0 Å². The third-order valence-electron chi connectivity index (χ3n) is 3.41. The van der Waals surface area contributed by atoms with E-state index in [0.29, 0.717) is 0 Å². The highest BCUT2D eigenvalue weighted by Gasteiger charge is 1.97. The number of benzene rings is 3. The van der Waals surface area contributed by atoms with E-state index in [2.05, 4.69) is 42.7 Å². The molecule has 23 heavy (non-hydrogen) atoms. The van der Waals surface area contributed by atoms with Crippen molar-refractivity contribution in [1.29, 1.82) is 0 Å². The standard InChI is InChI=1S/C23H16/c1-19-12-15-22(16-13-20-8-4-2-5-9-20)23(18-19)17-14-21-10-6-3-7-11-21/h2-12,15,18H,1H3. The van der Waals surface area contributed by atoms with Crippen LogP contribution in [0.1, 0.15) is 27.8 Å². The van der Waals surface area contributed by atoms with E-state index in [4.69, 9.17) is 0 Å². The summed E-state index contributed by atoms with van der Waals surface area (Å²) in [6, 6.07) is 26.2. The van der Waals surface area contributed by atoms with E-state index < -0.39 is 0 Å². The van der Waals surface area contributed by atoms with Crippen LogP contribution >= 0.6 is 0 Å². The Morgan fingerprint density at radius 1 is 0.522 bits per heavy atom. The minimum Gasteiger partial charge on any atom is -0.0622 e. The second kappa shape index (κ2) is 7.17. The van der Waals surface area contributed by atoms with Crippen molar-refractivity contribution < 1.29 is 0 Å². The number of hydrogen-bond acceptors (Lipinski definition) is 0. The average molecular weight is 292 g/mol. The Morgan fingerprint density at radius 2 is 1.04 bits per heavy atom. The van der Waals surface area contributed by atoms with E-state index in [1.807, 2.05) is 66.7 Å². The Morgan fingerprint density at radius 3 is 1.61 bits per heavy atom. The molecule has 0 heteroatoms. The molecule has 0 amide bonds. The zero-order valence-electron chi connectivity index (χ0n) is 13.0. The van der Waals surface area contributed by atoms with Crippen molar-refractivity contribution >= 4 is 0 Å². The number of aryl methyl sites for hydroxylation is 1. The van der Waals surface area contributed by atoms with Gasteiger partial charge in [0.1, 0.15) is 0 Å². The summed E-state index contributed by atoms with van der Waals surface area (Å²) >= 11 is 0. The van der Waals surface area contributed by atoms with Crippen LogP contribution in [0.25, 0.3) is 0 Å². The molecule has 0 heterocycles. The van der Waals surface area contributed by atoms with E-state index >= 15 is 0 Å². The van der Waals surface area contributed by atoms with Crippen molar-refractivity contribution in [3.8, 4) is 23.7 Å². The van der Waals surface area contributed by atoms with Crippen molar-refractivity contribution in [3.05, 3.63) is 107 Å². The van der Waals surface area contributed by atoms with Gasteiger partial charge >= 0.3 is 0 Å². The molecule has 3 aromatic carbocycles. The van der Waals surface area contributed by atoms with Crippen molar-refractivity contribution in [2.24, 2.45) is 0 Å². The summed E-state index contributed by atoms with van der Waals surface area (Å²) in [5.41, 5.74) is 5.14. The first kappa shape index (κ1) is 14.7. The van der Waals surface area contributed by atoms with E-state index in [9.17, 15) is 0 Å². The molecule has 108 valence electrons. The van der Waals surface area contributed by atoms with Crippen molar-refractivity contribution in [2.75, 3.05) is 0 Å². The summed E-state index contributed by atoms with van der Waals surface area (Å²) in [5, 5.41) is 0. The summed E-state index contributed by atoms with van der Waals surface area (Å²) in [7, 11) is 0. The molecule has 0 saturated heterocycles. The first-order valence-electron chi connectivity index (χ1n) is 7.56. The second-order valence-corrected chi connectivity index (χ2v) is 5.28. The minimum absolute atomic E-state index is 0.961. The zero-order chi connectivity index (χ0) is 15.9. The monoisotopic (exact) mass is 292 g/mol. The van der Waals surface area contributed by atoms with Gasteiger partial charge in [0.05, 0.1) is 0 Å². The van der Waals surface area contributed by atoms with Gasteiger partial charge in [0.25, 0.3) is 0 Å². The maximum atomic E-state index is 3.25. The van der Waals surface area contributed by atoms with E-state index in [1.54, 1.807) is 0 Å². The van der Waals surface area contributed by atoms with Gasteiger partial charge < -0.3 is 0 Å². The van der Waals surface area contributed by atoms with Crippen molar-refractivity contribution in [1.82, 2.24) is 0 Å². The maximum absolute atomic E-state index is 3.25. The normalized spacial score (nSPS) is 9.26. The molecule has 0 bridgehead atoms. The fourth-order valence-electron chi connectivity index (χ4n) is 2.19. The average Bonchev–Trinajstić information content (AvgIpc) is 2.61. The topological polar surface area (TPSA) is 0 Å². The minimum atomic E-state index is 0.961. The quantitative estimate of drug-likeness (QED) is 0.522. The molecule has 0 fully saturated rings. The smallest absolute Gasteiger partial charge is 0.0408 e. The Balaban J connectivity index is 1.96. The lowest BCUT2D eigenvalue weighted by Gasteiger charge is -1.99. The van der Waals surface area contributed by atoms with Gasteiger partial charge in [0, 0.05) is 22.3 Å². The third kappa shape index (κ3) is 4.13. The SMILES string of the molecule is Cc1ccc(C#Cc2ccccc2)c(C#Cc2ccccc2)c1. The first-order chi connectivity index (χ1) is 11.3. The molecule has 0 aromatic heterocycles. The van der Waals surface area contributed by atoms with Gasteiger partial charge in [-0.05, 0) is 48.9 Å². The van der Waals surface area contributed by atoms with Gasteiger partial charge in [0.15, 0.2) is 0 Å². The van der Waals surface area contributed by atoms with Crippen LogP contribution in [0.15, 0.2) is 78.9 Å². The van der Waals surface area contributed by atoms with Gasteiger partial charge in [-0.1, -0.05) is 66.1 Å². The highest BCUT2D eigenvalue weighted by molar-refractivity contribution is 5.55. The summed E-state index contributed by atoms with van der Waals surface area (Å²) in [4.78, 5) is 0. The molecule has 0 N–H and O–H groups in total. The molecule has 0 radical (unpaired) electrons. The van der Waals surface area contributed by atoms with Gasteiger partial charge in [-0.2, -0.15) is 0 Å². The molecule has 0 saturated carbocycles. The van der Waals surface area contributed by atoms with Crippen LogP contribution in [0, 0.1) is 30.6 Å². The zero-order valence-corrected chi connectivity index (χ0v) is 13.0. The van der Waals surface area contributed by atoms with E-state index in [1.165, 1.54) is 5.56 Å². The van der Waals surface area contributed by atoms with Gasteiger partial charge in [0.2, 0.25) is 0 Å². The Kier molecular flexibility index (Phi) is 4.58. The first-order valence-corrected chi connectivity index (χ1v) is 7.56. The van der Waals surface area contributed by atoms with E-state index in [0.717, 1.165) is 22.3 Å². The summed E-state index contributed by atoms with van der Waals surface area (Å²) in [6.07, 6.45) is 0. The third-order valence-corrected chi connectivity index (χ3v) is 3.41. The molecule has 0 atom stereocenters. The van der Waals surface area contributed by atoms with Crippen molar-refractivity contribution in [3.63, 3.8) is 0 Å². The summed E-state index contributed by atoms with van der Waals surface area (Å²) < 4.78 is 0. The fourth-order valence-corrected chi connectivity index (χ4v) is 2.19. The lowest BCUT2D eigenvalue weighted by molar-refractivity contribution is 1.43. The lowest BCUT2D eigenvalue weighted by Crippen LogP contribution is -1.86. The van der Waals surface area contributed by atoms with Crippen LogP contribution < -0.4 is 0 Å². The number of rotatable bonds is 0. The Bertz CT molecular complexity index is 912. The van der Waals surface area contributed by atoms with Crippen LogP contribution in [-0.4, -0.2) is 0 Å². The van der Waals surface area contributed by atoms with Crippen LogP contribution in [0.5, 0.6) is 0 Å². The molecular formula is C23H16. The van der Waals surface area contributed by atoms with Crippen LogP contribution in [0.4, 0.5) is 0 Å². The van der Waals surface area contributed by atoms with Crippen LogP contribution in [-0.2, 0) is 0 Å². The molecule has 0 aliphatic rings. The van der Waals surface area contributed by atoms with Crippen LogP contribution in [0.3, 0.4) is 0 Å². The fraction of sp³-hybridized carbons (Fsp3) is 0.0435. The lowest BCUT2D eigenvalue weighted by atomic mass is 10.0. The van der Waals surface area contributed by atoms with Crippen LogP contribution in [0.2, 0.25) is 0 Å². The number of hydrogen-bond donors (Lipinski definition) is 0. The molecule has 0 aliphatic carbocycles. The summed E-state index contributed by atoms with van der Waals surface area (Å²) in [5.74, 6) is 12.9. The second-order valence-electron chi connectivity index (χ2n) is 5.28.